The molecule has 0 unspecified atom stereocenters. The van der Waals surface area contributed by atoms with Crippen LogP contribution in [0.1, 0.15) is 48.9 Å². The van der Waals surface area contributed by atoms with Gasteiger partial charge in [0, 0.05) is 30.2 Å². The fourth-order valence-corrected chi connectivity index (χ4v) is 7.55. The Hall–Kier alpha value is -6.66. The molecular formula is C48H40N6. The van der Waals surface area contributed by atoms with E-state index < -0.39 is 0 Å². The number of aromatic nitrogens is 5. The maximum Gasteiger partial charge on any atom is 0.0900 e. The maximum atomic E-state index is 4.97. The molecule has 54 heavy (non-hydrogen) atoms. The first-order valence-corrected chi connectivity index (χ1v) is 18.4. The van der Waals surface area contributed by atoms with Crippen molar-refractivity contribution in [3.05, 3.63) is 182 Å². The third-order valence-electron chi connectivity index (χ3n) is 10.3. The van der Waals surface area contributed by atoms with Gasteiger partial charge in [0.25, 0.3) is 0 Å². The van der Waals surface area contributed by atoms with E-state index in [1.54, 1.807) is 30.9 Å². The molecule has 0 atom stereocenters. The van der Waals surface area contributed by atoms with Crippen molar-refractivity contribution < 1.29 is 0 Å². The first kappa shape index (κ1) is 34.4. The van der Waals surface area contributed by atoms with Crippen LogP contribution < -0.4 is 0 Å². The van der Waals surface area contributed by atoms with Crippen LogP contribution in [0.25, 0.3) is 62.1 Å². The standard InChI is InChI=1S/C48H40N6/c1-3-26-49-34(2)44-30-37(31-45(53-44)41-13-5-10-27-50-41)35-16-20-39(21-17-35)48(24-8-4-9-25-48)40-22-18-36(19-23-40)38-32-46(42-14-6-11-28-51-42)54-47(33-38)43-15-7-12-29-52-43/h3,5-7,10-23,26-33H,1-2,4,8-9,24-25H2/b49-26-. The molecular weight excluding hydrogens is 661 g/mol. The van der Waals surface area contributed by atoms with Crippen LogP contribution in [0.5, 0.6) is 0 Å². The minimum Gasteiger partial charge on any atom is -0.255 e. The van der Waals surface area contributed by atoms with E-state index in [1.807, 2.05) is 54.6 Å². The second kappa shape index (κ2) is 15.5. The fourth-order valence-electron chi connectivity index (χ4n) is 7.55. The zero-order valence-corrected chi connectivity index (χ0v) is 30.1. The lowest BCUT2D eigenvalue weighted by atomic mass is 9.65. The van der Waals surface area contributed by atoms with E-state index >= 15 is 0 Å². The second-order valence-electron chi connectivity index (χ2n) is 13.7. The van der Waals surface area contributed by atoms with Crippen molar-refractivity contribution in [2.24, 2.45) is 4.99 Å². The summed E-state index contributed by atoms with van der Waals surface area (Å²) in [6, 6.07) is 44.4. The first-order chi connectivity index (χ1) is 26.6. The molecule has 0 radical (unpaired) electrons. The minimum absolute atomic E-state index is 0.0675. The Kier molecular flexibility index (Phi) is 9.90. The lowest BCUT2D eigenvalue weighted by Crippen LogP contribution is -2.30. The van der Waals surface area contributed by atoms with E-state index in [0.29, 0.717) is 11.4 Å². The molecule has 2 aromatic carbocycles. The van der Waals surface area contributed by atoms with Crippen LogP contribution in [0.2, 0.25) is 0 Å². The number of aliphatic imine (C=N–C) groups is 1. The highest BCUT2D eigenvalue weighted by Gasteiger charge is 2.35. The molecule has 6 nitrogen and oxygen atoms in total. The molecule has 1 aliphatic rings. The molecule has 6 heteroatoms. The average molecular weight is 701 g/mol. The molecule has 0 amide bonds. The molecule has 7 aromatic rings. The monoisotopic (exact) mass is 700 g/mol. The van der Waals surface area contributed by atoms with Gasteiger partial charge in [0.15, 0.2) is 0 Å². The van der Waals surface area contributed by atoms with E-state index in [2.05, 4.69) is 106 Å². The van der Waals surface area contributed by atoms with Gasteiger partial charge in [-0.2, -0.15) is 0 Å². The number of allylic oxidation sites excluding steroid dienone is 1. The van der Waals surface area contributed by atoms with Crippen LogP contribution in [0, 0.1) is 0 Å². The van der Waals surface area contributed by atoms with Crippen molar-refractivity contribution in [2.45, 2.75) is 37.5 Å². The fraction of sp³-hybridized carbons (Fsp3) is 0.125. The van der Waals surface area contributed by atoms with Gasteiger partial charge in [0.2, 0.25) is 0 Å². The SMILES string of the molecule is C=C/C=N\C(=C)c1cc(-c2ccc(C3(c4ccc(-c5cc(-c6ccccn6)nc(-c6ccccn6)c5)cc4)CCCCC3)cc2)cc(-c2ccccn2)n1. The molecule has 0 spiro atoms. The van der Waals surface area contributed by atoms with Crippen LogP contribution in [0.4, 0.5) is 0 Å². The number of hydrogen-bond donors (Lipinski definition) is 0. The number of benzene rings is 2. The van der Waals surface area contributed by atoms with Gasteiger partial charge in [-0.3, -0.25) is 19.9 Å². The minimum atomic E-state index is -0.0675. The highest BCUT2D eigenvalue weighted by atomic mass is 14.8. The van der Waals surface area contributed by atoms with Crippen LogP contribution in [0.15, 0.2) is 170 Å². The molecule has 8 rings (SSSR count). The zero-order chi connectivity index (χ0) is 36.7. The summed E-state index contributed by atoms with van der Waals surface area (Å²) in [6.07, 6.45) is 14.6. The Morgan fingerprint density at radius 1 is 0.519 bits per heavy atom. The summed E-state index contributed by atoms with van der Waals surface area (Å²) in [5.74, 6) is 0. The Morgan fingerprint density at radius 3 is 1.43 bits per heavy atom. The van der Waals surface area contributed by atoms with Gasteiger partial charge in [0.05, 0.1) is 45.6 Å². The van der Waals surface area contributed by atoms with Crippen molar-refractivity contribution in [3.8, 4) is 56.4 Å². The van der Waals surface area contributed by atoms with E-state index in [-0.39, 0.29) is 5.41 Å². The van der Waals surface area contributed by atoms with Gasteiger partial charge in [0.1, 0.15) is 0 Å². The molecule has 5 aromatic heterocycles. The van der Waals surface area contributed by atoms with Crippen molar-refractivity contribution in [3.63, 3.8) is 0 Å². The number of hydrogen-bond acceptors (Lipinski definition) is 6. The van der Waals surface area contributed by atoms with Crippen molar-refractivity contribution in [1.82, 2.24) is 24.9 Å². The quantitative estimate of drug-likeness (QED) is 0.133. The summed E-state index contributed by atoms with van der Waals surface area (Å²) in [7, 11) is 0. The maximum absolute atomic E-state index is 4.97. The van der Waals surface area contributed by atoms with E-state index in [4.69, 9.17) is 9.97 Å². The van der Waals surface area contributed by atoms with Crippen LogP contribution in [-0.4, -0.2) is 31.1 Å². The number of rotatable bonds is 10. The predicted octanol–water partition coefficient (Wildman–Crippen LogP) is 11.5. The van der Waals surface area contributed by atoms with Crippen LogP contribution >= 0.6 is 0 Å². The Labute approximate surface area is 316 Å². The molecule has 0 aliphatic heterocycles. The summed E-state index contributed by atoms with van der Waals surface area (Å²) >= 11 is 0. The summed E-state index contributed by atoms with van der Waals surface area (Å²) in [6.45, 7) is 7.92. The Balaban J connectivity index is 1.14. The summed E-state index contributed by atoms with van der Waals surface area (Å²) in [4.78, 5) is 28.0. The predicted molar refractivity (Wildman–Crippen MR) is 221 cm³/mol. The molecule has 0 N–H and O–H groups in total. The number of pyridine rings is 5. The normalized spacial score (nSPS) is 13.8. The van der Waals surface area contributed by atoms with Crippen molar-refractivity contribution >= 4 is 11.9 Å². The van der Waals surface area contributed by atoms with Gasteiger partial charge in [-0.1, -0.05) is 105 Å². The highest BCUT2D eigenvalue weighted by Crippen LogP contribution is 2.46. The Morgan fingerprint density at radius 2 is 0.981 bits per heavy atom. The third kappa shape index (κ3) is 7.19. The second-order valence-corrected chi connectivity index (χ2v) is 13.7. The Bertz CT molecular complexity index is 2360. The van der Waals surface area contributed by atoms with E-state index in [9.17, 15) is 0 Å². The van der Waals surface area contributed by atoms with Crippen molar-refractivity contribution in [1.29, 1.82) is 0 Å². The smallest absolute Gasteiger partial charge is 0.0900 e. The summed E-state index contributed by atoms with van der Waals surface area (Å²) in [5, 5.41) is 0. The van der Waals surface area contributed by atoms with Crippen LogP contribution in [0.3, 0.4) is 0 Å². The highest BCUT2D eigenvalue weighted by molar-refractivity contribution is 5.81. The molecule has 262 valence electrons. The zero-order valence-electron chi connectivity index (χ0n) is 30.1. The summed E-state index contributed by atoms with van der Waals surface area (Å²) < 4.78 is 0. The first-order valence-electron chi connectivity index (χ1n) is 18.4. The molecule has 1 saturated carbocycles. The molecule has 1 fully saturated rings. The van der Waals surface area contributed by atoms with Gasteiger partial charge in [-0.25, -0.2) is 9.97 Å². The average Bonchev–Trinajstić information content (AvgIpc) is 3.26. The third-order valence-corrected chi connectivity index (χ3v) is 10.3. The van der Waals surface area contributed by atoms with Gasteiger partial charge in [-0.05, 0) is 107 Å². The topological polar surface area (TPSA) is 76.8 Å². The molecule has 0 saturated heterocycles. The van der Waals surface area contributed by atoms with E-state index in [0.717, 1.165) is 69.3 Å². The molecule has 5 heterocycles. The molecule has 0 bridgehead atoms. The van der Waals surface area contributed by atoms with Gasteiger partial charge in [-0.15, -0.1) is 0 Å². The van der Waals surface area contributed by atoms with Crippen LogP contribution in [-0.2, 0) is 5.41 Å². The largest absolute Gasteiger partial charge is 0.255 e. The van der Waals surface area contributed by atoms with Gasteiger partial charge >= 0.3 is 0 Å². The van der Waals surface area contributed by atoms with Gasteiger partial charge < -0.3 is 0 Å². The summed E-state index contributed by atoms with van der Waals surface area (Å²) in [5.41, 5.74) is 13.1. The van der Waals surface area contributed by atoms with E-state index in [1.165, 1.54) is 30.4 Å². The number of nitrogens with zero attached hydrogens (tertiary/aromatic N) is 6. The lowest BCUT2D eigenvalue weighted by Gasteiger charge is -2.39. The van der Waals surface area contributed by atoms with Crippen molar-refractivity contribution in [2.75, 3.05) is 0 Å². The lowest BCUT2D eigenvalue weighted by molar-refractivity contribution is 0.346. The molecule has 1 aliphatic carbocycles.